The zero-order chi connectivity index (χ0) is 18.2. The third-order valence-electron chi connectivity index (χ3n) is 4.14. The van der Waals surface area contributed by atoms with Gasteiger partial charge in [-0.05, 0) is 18.2 Å². The molecule has 3 rings (SSSR count). The second-order valence-electron chi connectivity index (χ2n) is 5.90. The van der Waals surface area contributed by atoms with Crippen molar-refractivity contribution < 1.29 is 9.47 Å². The van der Waals surface area contributed by atoms with Crippen molar-refractivity contribution in [3.05, 3.63) is 94.5 Å². The molecule has 0 aliphatic carbocycles. The molecule has 0 heterocycles. The lowest BCUT2D eigenvalue weighted by Gasteiger charge is -2.14. The molecule has 3 aromatic carbocycles. The summed E-state index contributed by atoms with van der Waals surface area (Å²) in [6.07, 6.45) is 0. The van der Waals surface area contributed by atoms with Gasteiger partial charge in [-0.15, -0.1) is 0 Å². The molecule has 3 nitrogen and oxygen atoms in total. The summed E-state index contributed by atoms with van der Waals surface area (Å²) in [5, 5.41) is 4.18. The molecule has 0 atom stereocenters. The Kier molecular flexibility index (Phi) is 6.53. The van der Waals surface area contributed by atoms with E-state index in [2.05, 4.69) is 17.4 Å². The highest BCUT2D eigenvalue weighted by atomic mass is 35.5. The first-order valence-electron chi connectivity index (χ1n) is 8.54. The van der Waals surface area contributed by atoms with E-state index >= 15 is 0 Å². The van der Waals surface area contributed by atoms with Crippen LogP contribution in [0.3, 0.4) is 0 Å². The molecular formula is C22H22ClNO2. The standard InChI is InChI=1S/C22H22ClNO2/c1-25-21-12-6-3-8-17(21)14-24-15-18-9-4-7-13-22(18)26-16-19-10-2-5-11-20(19)23/h2-13,24H,14-16H2,1H3. The van der Waals surface area contributed by atoms with E-state index in [9.17, 15) is 0 Å². The van der Waals surface area contributed by atoms with E-state index in [1.165, 1.54) is 0 Å². The van der Waals surface area contributed by atoms with E-state index in [0.717, 1.165) is 39.8 Å². The number of rotatable bonds is 8. The van der Waals surface area contributed by atoms with Gasteiger partial charge in [0.1, 0.15) is 18.1 Å². The topological polar surface area (TPSA) is 30.5 Å². The third-order valence-corrected chi connectivity index (χ3v) is 4.51. The highest BCUT2D eigenvalue weighted by Gasteiger charge is 2.06. The normalized spacial score (nSPS) is 10.5. The average Bonchev–Trinajstić information content (AvgIpc) is 2.68. The first-order chi connectivity index (χ1) is 12.8. The lowest BCUT2D eigenvalue weighted by molar-refractivity contribution is 0.302. The monoisotopic (exact) mass is 367 g/mol. The fourth-order valence-corrected chi connectivity index (χ4v) is 2.93. The number of benzene rings is 3. The van der Waals surface area contributed by atoms with Crippen molar-refractivity contribution in [2.45, 2.75) is 19.7 Å². The van der Waals surface area contributed by atoms with Crippen molar-refractivity contribution in [2.75, 3.05) is 7.11 Å². The average molecular weight is 368 g/mol. The molecule has 134 valence electrons. The molecule has 0 aliphatic heterocycles. The van der Waals surface area contributed by atoms with Crippen LogP contribution in [0.4, 0.5) is 0 Å². The highest BCUT2D eigenvalue weighted by Crippen LogP contribution is 2.22. The smallest absolute Gasteiger partial charge is 0.124 e. The van der Waals surface area contributed by atoms with Crippen LogP contribution in [0, 0.1) is 0 Å². The van der Waals surface area contributed by atoms with Crippen molar-refractivity contribution in [1.82, 2.24) is 5.32 Å². The van der Waals surface area contributed by atoms with Crippen molar-refractivity contribution in [3.63, 3.8) is 0 Å². The van der Waals surface area contributed by atoms with Crippen LogP contribution in [0.15, 0.2) is 72.8 Å². The summed E-state index contributed by atoms with van der Waals surface area (Å²) >= 11 is 6.21. The molecule has 0 saturated heterocycles. The number of hydrogen-bond donors (Lipinski definition) is 1. The molecule has 0 spiro atoms. The van der Waals surface area contributed by atoms with Crippen LogP contribution in [0.25, 0.3) is 0 Å². The Hall–Kier alpha value is -2.49. The molecule has 0 unspecified atom stereocenters. The van der Waals surface area contributed by atoms with Gasteiger partial charge in [0.25, 0.3) is 0 Å². The molecule has 0 aromatic heterocycles. The molecule has 3 aromatic rings. The predicted octanol–water partition coefficient (Wildman–Crippen LogP) is 5.22. The fourth-order valence-electron chi connectivity index (χ4n) is 2.74. The lowest BCUT2D eigenvalue weighted by atomic mass is 10.1. The Morgan fingerprint density at radius 2 is 1.27 bits per heavy atom. The van der Waals surface area contributed by atoms with E-state index < -0.39 is 0 Å². The Labute approximate surface area is 159 Å². The summed E-state index contributed by atoms with van der Waals surface area (Å²) in [6, 6.07) is 23.8. The summed E-state index contributed by atoms with van der Waals surface area (Å²) in [7, 11) is 1.69. The summed E-state index contributed by atoms with van der Waals surface area (Å²) in [6.45, 7) is 1.88. The molecule has 0 aliphatic rings. The van der Waals surface area contributed by atoms with Gasteiger partial charge < -0.3 is 14.8 Å². The maximum absolute atomic E-state index is 6.21. The zero-order valence-corrected chi connectivity index (χ0v) is 15.5. The van der Waals surface area contributed by atoms with Crippen LogP contribution < -0.4 is 14.8 Å². The van der Waals surface area contributed by atoms with Gasteiger partial charge in [0.05, 0.1) is 7.11 Å². The highest BCUT2D eigenvalue weighted by molar-refractivity contribution is 6.31. The van der Waals surface area contributed by atoms with E-state index in [1.54, 1.807) is 7.11 Å². The van der Waals surface area contributed by atoms with Crippen molar-refractivity contribution in [3.8, 4) is 11.5 Å². The largest absolute Gasteiger partial charge is 0.496 e. The first kappa shape index (κ1) is 18.3. The van der Waals surface area contributed by atoms with Gasteiger partial charge in [-0.25, -0.2) is 0 Å². The number of hydrogen-bond acceptors (Lipinski definition) is 3. The van der Waals surface area contributed by atoms with E-state index in [-0.39, 0.29) is 0 Å². The van der Waals surface area contributed by atoms with Crippen LogP contribution in [-0.2, 0) is 19.7 Å². The van der Waals surface area contributed by atoms with Crippen molar-refractivity contribution in [2.24, 2.45) is 0 Å². The molecule has 4 heteroatoms. The van der Waals surface area contributed by atoms with Crippen LogP contribution in [-0.4, -0.2) is 7.11 Å². The molecule has 0 saturated carbocycles. The van der Waals surface area contributed by atoms with E-state index in [4.69, 9.17) is 21.1 Å². The molecule has 0 bridgehead atoms. The third kappa shape index (κ3) is 4.78. The zero-order valence-electron chi connectivity index (χ0n) is 14.7. The van der Waals surface area contributed by atoms with Gasteiger partial charge in [0.2, 0.25) is 0 Å². The van der Waals surface area contributed by atoms with Gasteiger partial charge >= 0.3 is 0 Å². The second-order valence-corrected chi connectivity index (χ2v) is 6.31. The summed E-state index contributed by atoms with van der Waals surface area (Å²) in [4.78, 5) is 0. The minimum Gasteiger partial charge on any atom is -0.496 e. The molecule has 0 radical (unpaired) electrons. The Balaban J connectivity index is 1.61. The van der Waals surface area contributed by atoms with Gasteiger partial charge in [-0.2, -0.15) is 0 Å². The number of para-hydroxylation sites is 2. The van der Waals surface area contributed by atoms with E-state index in [1.807, 2.05) is 60.7 Å². The van der Waals surface area contributed by atoms with Crippen molar-refractivity contribution >= 4 is 11.6 Å². The van der Waals surface area contributed by atoms with Crippen molar-refractivity contribution in [1.29, 1.82) is 0 Å². The van der Waals surface area contributed by atoms with Gasteiger partial charge in [0, 0.05) is 34.8 Å². The Bertz CT molecular complexity index is 851. The van der Waals surface area contributed by atoms with Crippen LogP contribution >= 0.6 is 11.6 Å². The molecule has 26 heavy (non-hydrogen) atoms. The fraction of sp³-hybridized carbons (Fsp3) is 0.182. The maximum Gasteiger partial charge on any atom is 0.124 e. The van der Waals surface area contributed by atoms with Gasteiger partial charge in [-0.3, -0.25) is 0 Å². The first-order valence-corrected chi connectivity index (χ1v) is 8.92. The van der Waals surface area contributed by atoms with Crippen LogP contribution in [0.2, 0.25) is 5.02 Å². The maximum atomic E-state index is 6.21. The van der Waals surface area contributed by atoms with Gasteiger partial charge in [0.15, 0.2) is 0 Å². The number of methoxy groups -OCH3 is 1. The minimum atomic E-state index is 0.448. The van der Waals surface area contributed by atoms with E-state index in [0.29, 0.717) is 13.2 Å². The number of halogens is 1. The number of ether oxygens (including phenoxy) is 2. The summed E-state index contributed by atoms with van der Waals surface area (Å²) in [5.74, 6) is 1.75. The van der Waals surface area contributed by atoms with Crippen LogP contribution in [0.1, 0.15) is 16.7 Å². The summed E-state index contributed by atoms with van der Waals surface area (Å²) < 4.78 is 11.4. The van der Waals surface area contributed by atoms with Gasteiger partial charge in [-0.1, -0.05) is 66.2 Å². The van der Waals surface area contributed by atoms with Crippen LogP contribution in [0.5, 0.6) is 11.5 Å². The SMILES string of the molecule is COc1ccccc1CNCc1ccccc1OCc1ccccc1Cl. The number of nitrogens with one attached hydrogen (secondary N) is 1. The second kappa shape index (κ2) is 9.27. The molecule has 1 N–H and O–H groups in total. The Morgan fingerprint density at radius 1 is 0.731 bits per heavy atom. The molecular weight excluding hydrogens is 346 g/mol. The summed E-state index contributed by atoms with van der Waals surface area (Å²) in [5.41, 5.74) is 3.21. The molecule has 0 amide bonds. The molecule has 0 fully saturated rings. The minimum absolute atomic E-state index is 0.448. The lowest BCUT2D eigenvalue weighted by Crippen LogP contribution is -2.14. The Morgan fingerprint density at radius 3 is 1.92 bits per heavy atom. The predicted molar refractivity (Wildman–Crippen MR) is 106 cm³/mol. The quantitative estimate of drug-likeness (QED) is 0.592.